The van der Waals surface area contributed by atoms with Gasteiger partial charge in [0.1, 0.15) is 11.5 Å². The lowest BCUT2D eigenvalue weighted by atomic mass is 10.1. The molecular weight excluding hydrogens is 348 g/mol. The van der Waals surface area contributed by atoms with Crippen LogP contribution in [0.15, 0.2) is 23.0 Å². The molecule has 0 radical (unpaired) electrons. The highest BCUT2D eigenvalue weighted by Crippen LogP contribution is 2.20. The van der Waals surface area contributed by atoms with E-state index in [0.29, 0.717) is 43.7 Å². The maximum Gasteiger partial charge on any atom is 0.253 e. The van der Waals surface area contributed by atoms with E-state index in [4.69, 9.17) is 9.26 Å². The Morgan fingerprint density at radius 1 is 1.37 bits per heavy atom. The maximum absolute atomic E-state index is 12.5. The fourth-order valence-corrected chi connectivity index (χ4v) is 3.19. The first kappa shape index (κ1) is 18.9. The van der Waals surface area contributed by atoms with Crippen molar-refractivity contribution in [2.75, 3.05) is 13.7 Å². The molecule has 0 spiro atoms. The van der Waals surface area contributed by atoms with Crippen LogP contribution in [0.1, 0.15) is 46.6 Å². The van der Waals surface area contributed by atoms with Gasteiger partial charge in [-0.1, -0.05) is 5.16 Å². The van der Waals surface area contributed by atoms with Gasteiger partial charge in [-0.15, -0.1) is 0 Å². The predicted molar refractivity (Wildman–Crippen MR) is 97.3 cm³/mol. The second-order valence-corrected chi connectivity index (χ2v) is 6.73. The summed E-state index contributed by atoms with van der Waals surface area (Å²) in [5.41, 5.74) is 2.20. The first-order valence-electron chi connectivity index (χ1n) is 8.97. The van der Waals surface area contributed by atoms with Crippen LogP contribution in [0, 0.1) is 13.8 Å². The number of aromatic nitrogens is 2. The third kappa shape index (κ3) is 4.45. The SMILES string of the molecule is COc1cncc(C(=O)NC2CCC(=O)N(Cc3c(C)noc3C)CC2)c1. The number of hydrogen-bond donors (Lipinski definition) is 1. The van der Waals surface area contributed by atoms with Crippen molar-refractivity contribution in [2.45, 2.75) is 45.7 Å². The highest BCUT2D eigenvalue weighted by atomic mass is 16.5. The summed E-state index contributed by atoms with van der Waals surface area (Å²) in [7, 11) is 1.53. The number of methoxy groups -OCH3 is 1. The quantitative estimate of drug-likeness (QED) is 0.862. The molecular formula is C19H24N4O4. The number of likely N-dealkylation sites (tertiary alicyclic amines) is 1. The smallest absolute Gasteiger partial charge is 0.253 e. The van der Waals surface area contributed by atoms with Gasteiger partial charge < -0.3 is 19.5 Å². The summed E-state index contributed by atoms with van der Waals surface area (Å²) in [5, 5.41) is 6.95. The lowest BCUT2D eigenvalue weighted by Gasteiger charge is -2.21. The minimum absolute atomic E-state index is 0.0673. The molecule has 0 aliphatic carbocycles. The minimum atomic E-state index is -0.210. The second kappa shape index (κ2) is 8.20. The number of pyridine rings is 1. The summed E-state index contributed by atoms with van der Waals surface area (Å²) < 4.78 is 10.3. The lowest BCUT2D eigenvalue weighted by molar-refractivity contribution is -0.131. The van der Waals surface area contributed by atoms with Gasteiger partial charge in [-0.2, -0.15) is 0 Å². The largest absolute Gasteiger partial charge is 0.495 e. The van der Waals surface area contributed by atoms with Crippen molar-refractivity contribution in [2.24, 2.45) is 0 Å². The van der Waals surface area contributed by atoms with E-state index in [0.717, 1.165) is 17.0 Å². The molecule has 1 saturated heterocycles. The van der Waals surface area contributed by atoms with Crippen LogP contribution in [-0.4, -0.2) is 46.6 Å². The molecule has 1 aliphatic heterocycles. The number of carbonyl (C=O) groups excluding carboxylic acids is 2. The number of rotatable bonds is 5. The number of ether oxygens (including phenoxy) is 1. The summed E-state index contributed by atoms with van der Waals surface area (Å²) >= 11 is 0. The standard InChI is InChI=1S/C19H24N4O4/c1-12-17(13(2)27-22-12)11-23-7-6-15(4-5-18(23)24)21-19(25)14-8-16(26-3)10-20-9-14/h8-10,15H,4-7,11H2,1-3H3,(H,21,25). The molecule has 8 heteroatoms. The molecule has 0 saturated carbocycles. The fraction of sp³-hybridized carbons (Fsp3) is 0.474. The Balaban J connectivity index is 1.61. The van der Waals surface area contributed by atoms with Gasteiger partial charge in [0.2, 0.25) is 5.91 Å². The number of nitrogens with one attached hydrogen (secondary N) is 1. The number of carbonyl (C=O) groups is 2. The Bertz CT molecular complexity index is 813. The Morgan fingerprint density at radius 3 is 2.89 bits per heavy atom. The summed E-state index contributed by atoms with van der Waals surface area (Å²) in [6.07, 6.45) is 4.75. The number of nitrogens with zero attached hydrogens (tertiary/aromatic N) is 3. The molecule has 8 nitrogen and oxygen atoms in total. The van der Waals surface area contributed by atoms with Crippen molar-refractivity contribution in [3.63, 3.8) is 0 Å². The van der Waals surface area contributed by atoms with Crippen LogP contribution in [0.25, 0.3) is 0 Å². The third-order valence-corrected chi connectivity index (χ3v) is 4.88. The molecule has 1 aliphatic rings. The van der Waals surface area contributed by atoms with Gasteiger partial charge in [-0.25, -0.2) is 0 Å². The maximum atomic E-state index is 12.5. The molecule has 2 aromatic rings. The normalized spacial score (nSPS) is 17.5. The van der Waals surface area contributed by atoms with E-state index in [-0.39, 0.29) is 17.9 Å². The third-order valence-electron chi connectivity index (χ3n) is 4.88. The number of aryl methyl sites for hydroxylation is 2. The molecule has 1 fully saturated rings. The zero-order chi connectivity index (χ0) is 19.4. The van der Waals surface area contributed by atoms with E-state index in [1.807, 2.05) is 18.7 Å². The van der Waals surface area contributed by atoms with E-state index in [9.17, 15) is 9.59 Å². The van der Waals surface area contributed by atoms with Crippen molar-refractivity contribution in [1.82, 2.24) is 20.4 Å². The molecule has 144 valence electrons. The van der Waals surface area contributed by atoms with Gasteiger partial charge in [-0.3, -0.25) is 14.6 Å². The van der Waals surface area contributed by atoms with Gasteiger partial charge in [0, 0.05) is 30.8 Å². The Morgan fingerprint density at radius 2 is 2.19 bits per heavy atom. The zero-order valence-electron chi connectivity index (χ0n) is 15.8. The Kier molecular flexibility index (Phi) is 5.73. The van der Waals surface area contributed by atoms with Crippen molar-refractivity contribution < 1.29 is 18.8 Å². The van der Waals surface area contributed by atoms with Crippen LogP contribution in [0.3, 0.4) is 0 Å². The Labute approximate surface area is 157 Å². The van der Waals surface area contributed by atoms with Crippen LogP contribution in [0.2, 0.25) is 0 Å². The average Bonchev–Trinajstić information content (AvgIpc) is 2.88. The number of hydrogen-bond acceptors (Lipinski definition) is 6. The Hall–Kier alpha value is -2.90. The first-order valence-corrected chi connectivity index (χ1v) is 8.97. The van der Waals surface area contributed by atoms with Gasteiger partial charge in [-0.05, 0) is 32.8 Å². The van der Waals surface area contributed by atoms with Crippen LogP contribution in [0.5, 0.6) is 5.75 Å². The van der Waals surface area contributed by atoms with Crippen LogP contribution in [0.4, 0.5) is 0 Å². The van der Waals surface area contributed by atoms with Crippen molar-refractivity contribution in [3.05, 3.63) is 41.0 Å². The minimum Gasteiger partial charge on any atom is -0.495 e. The highest BCUT2D eigenvalue weighted by Gasteiger charge is 2.25. The molecule has 0 aromatic carbocycles. The van der Waals surface area contributed by atoms with Gasteiger partial charge >= 0.3 is 0 Å². The molecule has 0 bridgehead atoms. The van der Waals surface area contributed by atoms with Gasteiger partial charge in [0.05, 0.1) is 31.1 Å². The highest BCUT2D eigenvalue weighted by molar-refractivity contribution is 5.94. The fourth-order valence-electron chi connectivity index (χ4n) is 3.19. The van der Waals surface area contributed by atoms with Crippen LogP contribution >= 0.6 is 0 Å². The summed E-state index contributed by atoms with van der Waals surface area (Å²) in [6.45, 7) is 4.78. The van der Waals surface area contributed by atoms with Gasteiger partial charge in [0.25, 0.3) is 5.91 Å². The second-order valence-electron chi connectivity index (χ2n) is 6.73. The summed E-state index contributed by atoms with van der Waals surface area (Å²) in [5.74, 6) is 1.14. The monoisotopic (exact) mass is 372 g/mol. The average molecular weight is 372 g/mol. The molecule has 3 rings (SSSR count). The van der Waals surface area contributed by atoms with E-state index in [1.165, 1.54) is 13.3 Å². The van der Waals surface area contributed by atoms with Crippen molar-refractivity contribution >= 4 is 11.8 Å². The zero-order valence-corrected chi connectivity index (χ0v) is 15.8. The molecule has 2 amide bonds. The van der Waals surface area contributed by atoms with Crippen LogP contribution in [-0.2, 0) is 11.3 Å². The van der Waals surface area contributed by atoms with E-state index in [1.54, 1.807) is 12.3 Å². The molecule has 27 heavy (non-hydrogen) atoms. The van der Waals surface area contributed by atoms with Crippen molar-refractivity contribution in [1.29, 1.82) is 0 Å². The van der Waals surface area contributed by atoms with Crippen molar-refractivity contribution in [3.8, 4) is 5.75 Å². The van der Waals surface area contributed by atoms with E-state index >= 15 is 0 Å². The van der Waals surface area contributed by atoms with Crippen LogP contribution < -0.4 is 10.1 Å². The molecule has 1 atom stereocenters. The van der Waals surface area contributed by atoms with E-state index < -0.39 is 0 Å². The topological polar surface area (TPSA) is 97.6 Å². The van der Waals surface area contributed by atoms with Gasteiger partial charge in [0.15, 0.2) is 0 Å². The van der Waals surface area contributed by atoms with E-state index in [2.05, 4.69) is 15.5 Å². The lowest BCUT2D eigenvalue weighted by Crippen LogP contribution is -2.36. The predicted octanol–water partition coefficient (Wildman–Crippen LogP) is 2.01. The first-order chi connectivity index (χ1) is 13.0. The molecule has 3 heterocycles. The molecule has 2 aromatic heterocycles. The molecule has 1 N–H and O–H groups in total. The molecule has 1 unspecified atom stereocenters. The number of amides is 2. The summed E-state index contributed by atoms with van der Waals surface area (Å²) in [6, 6.07) is 1.58. The summed E-state index contributed by atoms with van der Waals surface area (Å²) in [4.78, 5) is 30.8.